The van der Waals surface area contributed by atoms with Gasteiger partial charge in [0.2, 0.25) is 5.95 Å². The SMILES string of the molecule is Fc1cnc(N2CCC(n3cc(Br)cn3)C2)nc1. The topological polar surface area (TPSA) is 46.8 Å². The van der Waals surface area contributed by atoms with Gasteiger partial charge < -0.3 is 4.90 Å². The van der Waals surface area contributed by atoms with Gasteiger partial charge in [0.05, 0.1) is 29.1 Å². The Hall–Kier alpha value is -1.50. The van der Waals surface area contributed by atoms with E-state index in [9.17, 15) is 4.39 Å². The molecule has 1 saturated heterocycles. The van der Waals surface area contributed by atoms with Crippen LogP contribution >= 0.6 is 15.9 Å². The summed E-state index contributed by atoms with van der Waals surface area (Å²) < 4.78 is 15.7. The molecule has 1 fully saturated rings. The van der Waals surface area contributed by atoms with Crippen LogP contribution in [0, 0.1) is 5.82 Å². The Bertz CT molecular complexity index is 541. The largest absolute Gasteiger partial charge is 0.339 e. The highest BCUT2D eigenvalue weighted by Gasteiger charge is 2.26. The molecule has 1 atom stereocenters. The summed E-state index contributed by atoms with van der Waals surface area (Å²) >= 11 is 3.38. The molecule has 0 radical (unpaired) electrons. The zero-order chi connectivity index (χ0) is 12.5. The van der Waals surface area contributed by atoms with Crippen molar-refractivity contribution in [2.75, 3.05) is 18.0 Å². The van der Waals surface area contributed by atoms with Crippen molar-refractivity contribution >= 4 is 21.9 Å². The summed E-state index contributed by atoms with van der Waals surface area (Å²) in [6, 6.07) is 0.310. The molecule has 0 aromatic carbocycles. The second-order valence-electron chi connectivity index (χ2n) is 4.23. The molecule has 94 valence electrons. The van der Waals surface area contributed by atoms with Crippen molar-refractivity contribution in [2.45, 2.75) is 12.5 Å². The van der Waals surface area contributed by atoms with Crippen molar-refractivity contribution in [1.82, 2.24) is 19.7 Å². The number of rotatable bonds is 2. The highest BCUT2D eigenvalue weighted by Crippen LogP contribution is 2.24. The monoisotopic (exact) mass is 311 g/mol. The van der Waals surface area contributed by atoms with E-state index in [1.807, 2.05) is 15.8 Å². The minimum absolute atomic E-state index is 0.310. The first kappa shape index (κ1) is 11.6. The molecule has 0 bridgehead atoms. The molecule has 2 aromatic rings. The van der Waals surface area contributed by atoms with Gasteiger partial charge in [-0.3, -0.25) is 4.68 Å². The first-order valence-electron chi connectivity index (χ1n) is 5.64. The first-order valence-corrected chi connectivity index (χ1v) is 6.44. The molecule has 1 unspecified atom stereocenters. The molecule has 0 amide bonds. The molecule has 18 heavy (non-hydrogen) atoms. The third-order valence-corrected chi connectivity index (χ3v) is 3.41. The number of hydrogen-bond donors (Lipinski definition) is 0. The van der Waals surface area contributed by atoms with Gasteiger partial charge in [0.1, 0.15) is 0 Å². The Labute approximate surface area is 112 Å². The summed E-state index contributed by atoms with van der Waals surface area (Å²) in [7, 11) is 0. The van der Waals surface area contributed by atoms with Gasteiger partial charge >= 0.3 is 0 Å². The lowest BCUT2D eigenvalue weighted by molar-refractivity contribution is 0.494. The Kier molecular flexibility index (Phi) is 2.99. The number of nitrogens with zero attached hydrogens (tertiary/aromatic N) is 5. The molecular weight excluding hydrogens is 301 g/mol. The highest BCUT2D eigenvalue weighted by molar-refractivity contribution is 9.10. The van der Waals surface area contributed by atoms with Crippen molar-refractivity contribution in [3.05, 3.63) is 35.1 Å². The maximum absolute atomic E-state index is 12.8. The zero-order valence-electron chi connectivity index (χ0n) is 9.50. The van der Waals surface area contributed by atoms with Crippen LogP contribution in [0.25, 0.3) is 0 Å². The molecule has 0 spiro atoms. The summed E-state index contributed by atoms with van der Waals surface area (Å²) in [5.74, 6) is 0.163. The van der Waals surface area contributed by atoms with Crippen molar-refractivity contribution in [2.24, 2.45) is 0 Å². The molecule has 2 aromatic heterocycles. The fourth-order valence-corrected chi connectivity index (χ4v) is 2.42. The Morgan fingerprint density at radius 2 is 2.06 bits per heavy atom. The summed E-state index contributed by atoms with van der Waals surface area (Å²) in [5.41, 5.74) is 0. The lowest BCUT2D eigenvalue weighted by Crippen LogP contribution is -2.23. The van der Waals surface area contributed by atoms with Crippen molar-refractivity contribution in [3.8, 4) is 0 Å². The maximum atomic E-state index is 12.8. The molecule has 3 rings (SSSR count). The van der Waals surface area contributed by atoms with Crippen LogP contribution in [-0.2, 0) is 0 Å². The van der Waals surface area contributed by atoms with Crippen molar-refractivity contribution in [1.29, 1.82) is 0 Å². The van der Waals surface area contributed by atoms with Crippen LogP contribution in [0.1, 0.15) is 12.5 Å². The normalized spacial score (nSPS) is 19.4. The minimum Gasteiger partial charge on any atom is -0.339 e. The molecule has 1 aliphatic rings. The lowest BCUT2D eigenvalue weighted by Gasteiger charge is -2.15. The minimum atomic E-state index is -0.412. The number of anilines is 1. The summed E-state index contributed by atoms with van der Waals surface area (Å²) in [6.45, 7) is 1.65. The van der Waals surface area contributed by atoms with Crippen LogP contribution in [0.15, 0.2) is 29.3 Å². The van der Waals surface area contributed by atoms with Gasteiger partial charge in [-0.2, -0.15) is 5.10 Å². The molecule has 7 heteroatoms. The van der Waals surface area contributed by atoms with E-state index in [0.717, 1.165) is 24.0 Å². The van der Waals surface area contributed by atoms with E-state index in [1.165, 1.54) is 12.4 Å². The third-order valence-electron chi connectivity index (χ3n) is 3.00. The van der Waals surface area contributed by atoms with E-state index in [4.69, 9.17) is 0 Å². The van der Waals surface area contributed by atoms with E-state index in [1.54, 1.807) is 6.20 Å². The molecule has 1 aliphatic heterocycles. The van der Waals surface area contributed by atoms with Gasteiger partial charge in [0.25, 0.3) is 0 Å². The van der Waals surface area contributed by atoms with E-state index in [2.05, 4.69) is 31.0 Å². The fourth-order valence-electron chi connectivity index (χ4n) is 2.12. The second kappa shape index (κ2) is 4.64. The van der Waals surface area contributed by atoms with Gasteiger partial charge in [-0.25, -0.2) is 14.4 Å². The van der Waals surface area contributed by atoms with Gasteiger partial charge in [-0.1, -0.05) is 0 Å². The standard InChI is InChI=1S/C11H11BrFN5/c12-8-3-16-18(6-8)10-1-2-17(7-10)11-14-4-9(13)5-15-11/h3-6,10H,1-2,7H2. The molecule has 0 saturated carbocycles. The molecule has 0 N–H and O–H groups in total. The van der Waals surface area contributed by atoms with Crippen LogP contribution < -0.4 is 4.90 Å². The Morgan fingerprint density at radius 3 is 2.72 bits per heavy atom. The van der Waals surface area contributed by atoms with E-state index in [0.29, 0.717) is 12.0 Å². The van der Waals surface area contributed by atoms with Crippen LogP contribution in [-0.4, -0.2) is 32.8 Å². The average Bonchev–Trinajstić information content (AvgIpc) is 2.98. The predicted octanol–water partition coefficient (Wildman–Crippen LogP) is 2.03. The fraction of sp³-hybridized carbons (Fsp3) is 0.364. The van der Waals surface area contributed by atoms with Crippen molar-refractivity contribution < 1.29 is 4.39 Å². The van der Waals surface area contributed by atoms with E-state index in [-0.39, 0.29) is 0 Å². The highest BCUT2D eigenvalue weighted by atomic mass is 79.9. The second-order valence-corrected chi connectivity index (χ2v) is 5.14. The van der Waals surface area contributed by atoms with Crippen molar-refractivity contribution in [3.63, 3.8) is 0 Å². The van der Waals surface area contributed by atoms with Crippen LogP contribution in [0.2, 0.25) is 0 Å². The zero-order valence-corrected chi connectivity index (χ0v) is 11.1. The molecule has 3 heterocycles. The first-order chi connectivity index (χ1) is 8.72. The number of hydrogen-bond acceptors (Lipinski definition) is 4. The Balaban J connectivity index is 1.73. The van der Waals surface area contributed by atoms with Crippen LogP contribution in [0.5, 0.6) is 0 Å². The van der Waals surface area contributed by atoms with Gasteiger partial charge in [0, 0.05) is 19.3 Å². The molecular formula is C11H11BrFN5. The predicted molar refractivity (Wildman–Crippen MR) is 67.8 cm³/mol. The van der Waals surface area contributed by atoms with E-state index < -0.39 is 5.82 Å². The van der Waals surface area contributed by atoms with Gasteiger partial charge in [0.15, 0.2) is 5.82 Å². The third kappa shape index (κ3) is 2.22. The van der Waals surface area contributed by atoms with Gasteiger partial charge in [-0.15, -0.1) is 0 Å². The maximum Gasteiger partial charge on any atom is 0.225 e. The van der Waals surface area contributed by atoms with Crippen LogP contribution in [0.3, 0.4) is 0 Å². The number of halogens is 2. The smallest absolute Gasteiger partial charge is 0.225 e. The summed E-state index contributed by atoms with van der Waals surface area (Å²) in [6.07, 6.45) is 7.10. The van der Waals surface area contributed by atoms with E-state index >= 15 is 0 Å². The number of aromatic nitrogens is 4. The molecule has 5 nitrogen and oxygen atoms in total. The average molecular weight is 312 g/mol. The summed E-state index contributed by atoms with van der Waals surface area (Å²) in [4.78, 5) is 10.0. The Morgan fingerprint density at radius 1 is 1.28 bits per heavy atom. The molecule has 0 aliphatic carbocycles. The summed E-state index contributed by atoms with van der Waals surface area (Å²) in [5, 5.41) is 4.28. The quantitative estimate of drug-likeness (QED) is 0.851. The van der Waals surface area contributed by atoms with Gasteiger partial charge in [-0.05, 0) is 22.4 Å². The lowest BCUT2D eigenvalue weighted by atomic mass is 10.3. The van der Waals surface area contributed by atoms with Crippen LogP contribution in [0.4, 0.5) is 10.3 Å².